The largest absolute Gasteiger partial charge is 0.481 e. The first kappa shape index (κ1) is 16.1. The van der Waals surface area contributed by atoms with Gasteiger partial charge in [0.2, 0.25) is 5.88 Å². The van der Waals surface area contributed by atoms with E-state index in [2.05, 4.69) is 10.3 Å². The Bertz CT molecular complexity index is 923. The van der Waals surface area contributed by atoms with Crippen LogP contribution < -0.4 is 10.1 Å². The van der Waals surface area contributed by atoms with Crippen molar-refractivity contribution < 1.29 is 13.7 Å². The minimum absolute atomic E-state index is 0.272. The number of carbonyl (C=O) groups is 1. The molecule has 2 aromatic carbocycles. The first-order chi connectivity index (χ1) is 11.6. The maximum Gasteiger partial charge on any atom is 0.274 e. The number of nitrogens with zero attached hydrogens (tertiary/aromatic N) is 1. The Kier molecular flexibility index (Phi) is 4.57. The van der Waals surface area contributed by atoms with Gasteiger partial charge in [-0.05, 0) is 41.8 Å². The van der Waals surface area contributed by atoms with Crippen LogP contribution in [-0.4, -0.2) is 28.5 Å². The molecule has 3 aromatic rings. The van der Waals surface area contributed by atoms with Gasteiger partial charge in [0.1, 0.15) is 5.69 Å². The van der Waals surface area contributed by atoms with Crippen molar-refractivity contribution in [1.29, 1.82) is 0 Å². The number of nitrogens with one attached hydrogen (secondary N) is 1. The Morgan fingerprint density at radius 2 is 1.83 bits per heavy atom. The fourth-order valence-electron chi connectivity index (χ4n) is 2.36. The number of aromatic nitrogens is 1. The monoisotopic (exact) mass is 340 g/mol. The quantitative estimate of drug-likeness (QED) is 0.792. The number of carbonyl (C=O) groups excluding carboxylic acids is 1. The lowest BCUT2D eigenvalue weighted by atomic mass is 10.1. The third kappa shape index (κ3) is 3.28. The Morgan fingerprint density at radius 1 is 1.12 bits per heavy atom. The average Bonchev–Trinajstić information content (AvgIpc) is 2.61. The van der Waals surface area contributed by atoms with Crippen LogP contribution in [0.15, 0.2) is 59.5 Å². The highest BCUT2D eigenvalue weighted by Gasteiger charge is 2.13. The molecule has 0 saturated heterocycles. The Morgan fingerprint density at radius 3 is 2.50 bits per heavy atom. The van der Waals surface area contributed by atoms with Crippen LogP contribution in [0.3, 0.4) is 0 Å². The fraction of sp³-hybridized carbons (Fsp3) is 0.111. The van der Waals surface area contributed by atoms with E-state index in [1.807, 2.05) is 24.3 Å². The number of hydrogen-bond donors (Lipinski definition) is 1. The highest BCUT2D eigenvalue weighted by atomic mass is 32.2. The van der Waals surface area contributed by atoms with Crippen molar-refractivity contribution in [3.63, 3.8) is 0 Å². The van der Waals surface area contributed by atoms with E-state index in [9.17, 15) is 9.00 Å². The van der Waals surface area contributed by atoms with E-state index in [-0.39, 0.29) is 11.6 Å². The molecule has 5 nitrogen and oxygen atoms in total. The molecule has 0 unspecified atom stereocenters. The second-order valence-electron chi connectivity index (χ2n) is 5.17. The summed E-state index contributed by atoms with van der Waals surface area (Å²) in [5.41, 5.74) is 0.886. The van der Waals surface area contributed by atoms with Gasteiger partial charge in [-0.25, -0.2) is 4.98 Å². The number of amides is 1. The normalized spacial score (nSPS) is 11.9. The van der Waals surface area contributed by atoms with Crippen molar-refractivity contribution in [3.8, 4) is 5.88 Å². The summed E-state index contributed by atoms with van der Waals surface area (Å²) in [4.78, 5) is 17.4. The van der Waals surface area contributed by atoms with Crippen LogP contribution in [0.5, 0.6) is 5.88 Å². The van der Waals surface area contributed by atoms with E-state index in [0.717, 1.165) is 10.8 Å². The highest BCUT2D eigenvalue weighted by molar-refractivity contribution is 7.84. The summed E-state index contributed by atoms with van der Waals surface area (Å²) >= 11 is 0. The zero-order chi connectivity index (χ0) is 17.1. The van der Waals surface area contributed by atoms with E-state index in [1.54, 1.807) is 36.6 Å². The highest BCUT2D eigenvalue weighted by Crippen LogP contribution is 2.24. The van der Waals surface area contributed by atoms with Gasteiger partial charge in [0.25, 0.3) is 5.91 Å². The summed E-state index contributed by atoms with van der Waals surface area (Å²) in [6.45, 7) is 0. The molecular formula is C18H16N2O3S. The van der Waals surface area contributed by atoms with Gasteiger partial charge in [-0.3, -0.25) is 9.00 Å². The van der Waals surface area contributed by atoms with Crippen molar-refractivity contribution >= 4 is 33.2 Å². The van der Waals surface area contributed by atoms with Gasteiger partial charge in [-0.1, -0.05) is 18.2 Å². The molecule has 3 rings (SSSR count). The first-order valence-electron chi connectivity index (χ1n) is 7.27. The standard InChI is InChI=1S/C18H16N2O3S/c1-23-18-15-6-4-3-5-12(15)11-16(20-18)17(21)19-13-7-9-14(10-8-13)24(2)22/h3-11H,1-2H3,(H,19,21)/t24-/m0/s1. The number of rotatable bonds is 4. The molecule has 0 saturated carbocycles. The predicted molar refractivity (Wildman–Crippen MR) is 95.0 cm³/mol. The molecule has 0 aliphatic rings. The zero-order valence-corrected chi connectivity index (χ0v) is 14.1. The van der Waals surface area contributed by atoms with E-state index < -0.39 is 10.8 Å². The second-order valence-corrected chi connectivity index (χ2v) is 6.55. The smallest absolute Gasteiger partial charge is 0.274 e. The molecule has 1 N–H and O–H groups in total. The average molecular weight is 340 g/mol. The Hall–Kier alpha value is -2.73. The zero-order valence-electron chi connectivity index (χ0n) is 13.3. The Balaban J connectivity index is 1.89. The summed E-state index contributed by atoms with van der Waals surface area (Å²) in [7, 11) is 0.480. The summed E-state index contributed by atoms with van der Waals surface area (Å²) in [6.07, 6.45) is 1.61. The maximum atomic E-state index is 12.5. The first-order valence-corrected chi connectivity index (χ1v) is 8.83. The molecule has 0 aliphatic heterocycles. The summed E-state index contributed by atoms with van der Waals surface area (Å²) in [5.74, 6) is 0.0828. The lowest BCUT2D eigenvalue weighted by Crippen LogP contribution is -2.14. The van der Waals surface area contributed by atoms with Gasteiger partial charge in [0, 0.05) is 33.0 Å². The number of anilines is 1. The number of fused-ring (bicyclic) bond motifs is 1. The molecule has 0 spiro atoms. The molecule has 0 bridgehead atoms. The van der Waals surface area contributed by atoms with E-state index in [4.69, 9.17) is 4.74 Å². The van der Waals surface area contributed by atoms with Gasteiger partial charge in [-0.2, -0.15) is 0 Å². The van der Waals surface area contributed by atoms with E-state index >= 15 is 0 Å². The van der Waals surface area contributed by atoms with Gasteiger partial charge in [0.05, 0.1) is 7.11 Å². The third-order valence-corrected chi connectivity index (χ3v) is 4.51. The molecule has 24 heavy (non-hydrogen) atoms. The number of benzene rings is 2. The van der Waals surface area contributed by atoms with Crippen molar-refractivity contribution in [2.24, 2.45) is 0 Å². The lowest BCUT2D eigenvalue weighted by molar-refractivity contribution is 0.102. The van der Waals surface area contributed by atoms with Crippen LogP contribution in [0.2, 0.25) is 0 Å². The molecule has 0 aliphatic carbocycles. The number of methoxy groups -OCH3 is 1. The topological polar surface area (TPSA) is 68.3 Å². The number of ether oxygens (including phenoxy) is 1. The predicted octanol–water partition coefficient (Wildman–Crippen LogP) is 3.23. The minimum atomic E-state index is -1.05. The number of hydrogen-bond acceptors (Lipinski definition) is 4. The van der Waals surface area contributed by atoms with Gasteiger partial charge >= 0.3 is 0 Å². The van der Waals surface area contributed by atoms with Crippen LogP contribution in [0.25, 0.3) is 10.8 Å². The van der Waals surface area contributed by atoms with Crippen molar-refractivity contribution in [2.45, 2.75) is 4.90 Å². The van der Waals surface area contributed by atoms with Crippen molar-refractivity contribution in [1.82, 2.24) is 4.98 Å². The molecule has 0 fully saturated rings. The van der Waals surface area contributed by atoms with Crippen molar-refractivity contribution in [3.05, 3.63) is 60.3 Å². The molecule has 1 heterocycles. The third-order valence-electron chi connectivity index (χ3n) is 3.58. The Labute approximate surface area is 142 Å². The van der Waals surface area contributed by atoms with Crippen LogP contribution in [0.1, 0.15) is 10.5 Å². The van der Waals surface area contributed by atoms with Crippen LogP contribution in [0, 0.1) is 0 Å². The second kappa shape index (κ2) is 6.80. The maximum absolute atomic E-state index is 12.5. The molecule has 122 valence electrons. The molecule has 6 heteroatoms. The fourth-order valence-corrected chi connectivity index (χ4v) is 2.88. The molecule has 1 atom stereocenters. The summed E-state index contributed by atoms with van der Waals surface area (Å²) < 4.78 is 16.7. The van der Waals surface area contributed by atoms with Crippen LogP contribution >= 0.6 is 0 Å². The molecule has 1 aromatic heterocycles. The summed E-state index contributed by atoms with van der Waals surface area (Å²) in [6, 6.07) is 16.2. The van der Waals surface area contributed by atoms with Crippen LogP contribution in [-0.2, 0) is 10.8 Å². The molecule has 1 amide bonds. The van der Waals surface area contributed by atoms with Crippen LogP contribution in [0.4, 0.5) is 5.69 Å². The lowest BCUT2D eigenvalue weighted by Gasteiger charge is -2.09. The summed E-state index contributed by atoms with van der Waals surface area (Å²) in [5, 5.41) is 4.52. The van der Waals surface area contributed by atoms with E-state index in [1.165, 1.54) is 7.11 Å². The SMILES string of the molecule is COc1nc(C(=O)Nc2ccc([S@](C)=O)cc2)cc2ccccc12. The molecular weight excluding hydrogens is 324 g/mol. The van der Waals surface area contributed by atoms with Gasteiger partial charge in [-0.15, -0.1) is 0 Å². The molecule has 0 radical (unpaired) electrons. The van der Waals surface area contributed by atoms with Gasteiger partial charge in [0.15, 0.2) is 0 Å². The van der Waals surface area contributed by atoms with Crippen molar-refractivity contribution in [2.75, 3.05) is 18.7 Å². The number of pyridine rings is 1. The minimum Gasteiger partial charge on any atom is -0.481 e. The van der Waals surface area contributed by atoms with E-state index in [0.29, 0.717) is 16.5 Å². The van der Waals surface area contributed by atoms with Gasteiger partial charge < -0.3 is 10.1 Å².